The van der Waals surface area contributed by atoms with Gasteiger partial charge >= 0.3 is 0 Å². The van der Waals surface area contributed by atoms with Crippen molar-refractivity contribution in [2.45, 2.75) is 6.54 Å². The van der Waals surface area contributed by atoms with Crippen molar-refractivity contribution in [1.82, 2.24) is 25.3 Å². The van der Waals surface area contributed by atoms with Gasteiger partial charge in [0.05, 0.1) is 18.4 Å². The quantitative estimate of drug-likeness (QED) is 0.743. The number of nitrogen functional groups attached to an aromatic ring is 1. The summed E-state index contributed by atoms with van der Waals surface area (Å²) in [5.74, 6) is -0.189. The smallest absolute Gasteiger partial charge is 0.263 e. The van der Waals surface area contributed by atoms with Gasteiger partial charge in [-0.3, -0.25) is 9.48 Å². The fourth-order valence-electron chi connectivity index (χ4n) is 1.84. The summed E-state index contributed by atoms with van der Waals surface area (Å²) in [7, 11) is 0. The Morgan fingerprint density at radius 3 is 3.10 bits per heavy atom. The van der Waals surface area contributed by atoms with E-state index in [9.17, 15) is 4.79 Å². The molecule has 8 heteroatoms. The van der Waals surface area contributed by atoms with Crippen LogP contribution in [0.3, 0.4) is 0 Å². The van der Waals surface area contributed by atoms with Gasteiger partial charge in [0.1, 0.15) is 9.71 Å². The van der Waals surface area contributed by atoms with Gasteiger partial charge in [0.25, 0.3) is 5.91 Å². The molecular weight excluding hydrogens is 276 g/mol. The summed E-state index contributed by atoms with van der Waals surface area (Å²) in [6.07, 6.45) is 5.02. The van der Waals surface area contributed by atoms with Crippen molar-refractivity contribution >= 4 is 33.1 Å². The van der Waals surface area contributed by atoms with E-state index >= 15 is 0 Å². The summed E-state index contributed by atoms with van der Waals surface area (Å²) < 4.78 is 1.65. The van der Waals surface area contributed by atoms with Crippen molar-refractivity contribution in [2.75, 3.05) is 12.3 Å². The summed E-state index contributed by atoms with van der Waals surface area (Å²) in [4.78, 5) is 17.6. The topological polar surface area (TPSA) is 98.7 Å². The third kappa shape index (κ3) is 2.32. The van der Waals surface area contributed by atoms with E-state index in [1.807, 2.05) is 6.07 Å². The van der Waals surface area contributed by atoms with Gasteiger partial charge in [-0.25, -0.2) is 4.98 Å². The molecule has 3 aromatic heterocycles. The maximum Gasteiger partial charge on any atom is 0.263 e. The number of nitrogens with two attached hydrogens (primary N) is 1. The second kappa shape index (κ2) is 5.25. The number of nitrogens with zero attached hydrogens (tertiary/aromatic N) is 4. The van der Waals surface area contributed by atoms with Crippen LogP contribution >= 0.6 is 11.3 Å². The average molecular weight is 288 g/mol. The highest BCUT2D eigenvalue weighted by molar-refractivity contribution is 7.21. The molecule has 0 radical (unpaired) electrons. The monoisotopic (exact) mass is 288 g/mol. The molecule has 0 bridgehead atoms. The van der Waals surface area contributed by atoms with Gasteiger partial charge in [0, 0.05) is 24.3 Å². The molecule has 0 aliphatic carbocycles. The summed E-state index contributed by atoms with van der Waals surface area (Å²) in [5.41, 5.74) is 6.47. The molecule has 3 rings (SSSR count). The van der Waals surface area contributed by atoms with Crippen molar-refractivity contribution in [3.05, 3.63) is 35.6 Å². The second-order valence-corrected chi connectivity index (χ2v) is 5.12. The van der Waals surface area contributed by atoms with Crippen LogP contribution in [0.5, 0.6) is 0 Å². The molecule has 3 heterocycles. The number of aromatic nitrogens is 4. The van der Waals surface area contributed by atoms with Crippen LogP contribution in [0.25, 0.3) is 10.2 Å². The van der Waals surface area contributed by atoms with Gasteiger partial charge in [-0.1, -0.05) is 5.21 Å². The van der Waals surface area contributed by atoms with Crippen LogP contribution < -0.4 is 11.1 Å². The molecule has 0 unspecified atom stereocenters. The molecule has 0 aromatic carbocycles. The maximum absolute atomic E-state index is 12.1. The number of fused-ring (bicyclic) bond motifs is 1. The number of amides is 1. The molecule has 0 aliphatic rings. The van der Waals surface area contributed by atoms with Gasteiger partial charge in [0.15, 0.2) is 0 Å². The Labute approximate surface area is 118 Å². The van der Waals surface area contributed by atoms with Crippen LogP contribution in [-0.2, 0) is 6.54 Å². The number of nitrogens with one attached hydrogen (secondary N) is 1. The molecule has 102 valence electrons. The fraction of sp³-hybridized carbons (Fsp3) is 0.167. The van der Waals surface area contributed by atoms with E-state index in [1.165, 1.54) is 11.3 Å². The van der Waals surface area contributed by atoms with E-state index in [4.69, 9.17) is 5.73 Å². The van der Waals surface area contributed by atoms with E-state index in [0.29, 0.717) is 23.7 Å². The van der Waals surface area contributed by atoms with Gasteiger partial charge in [-0.05, 0) is 12.1 Å². The van der Waals surface area contributed by atoms with E-state index in [-0.39, 0.29) is 5.91 Å². The Hall–Kier alpha value is -2.48. The molecule has 0 atom stereocenters. The van der Waals surface area contributed by atoms with Crippen LogP contribution in [0.2, 0.25) is 0 Å². The number of hydrogen-bond donors (Lipinski definition) is 2. The van der Waals surface area contributed by atoms with Crippen LogP contribution in [0, 0.1) is 0 Å². The lowest BCUT2D eigenvalue weighted by atomic mass is 10.2. The number of rotatable bonds is 4. The van der Waals surface area contributed by atoms with Gasteiger partial charge in [0.2, 0.25) is 0 Å². The Balaban J connectivity index is 1.71. The van der Waals surface area contributed by atoms with Crippen LogP contribution in [-0.4, -0.2) is 32.4 Å². The number of thiophene rings is 1. The molecule has 3 N–H and O–H groups in total. The van der Waals surface area contributed by atoms with E-state index in [0.717, 1.165) is 10.2 Å². The van der Waals surface area contributed by atoms with Gasteiger partial charge < -0.3 is 11.1 Å². The molecule has 0 saturated heterocycles. The average Bonchev–Trinajstić information content (AvgIpc) is 3.08. The Morgan fingerprint density at radius 2 is 2.35 bits per heavy atom. The summed E-state index contributed by atoms with van der Waals surface area (Å²) >= 11 is 1.30. The van der Waals surface area contributed by atoms with Gasteiger partial charge in [-0.15, -0.1) is 16.4 Å². The number of hydrogen-bond acceptors (Lipinski definition) is 6. The minimum absolute atomic E-state index is 0.189. The largest absolute Gasteiger partial charge is 0.397 e. The lowest BCUT2D eigenvalue weighted by Gasteiger charge is -2.04. The van der Waals surface area contributed by atoms with Crippen molar-refractivity contribution < 1.29 is 4.79 Å². The molecule has 3 aromatic rings. The molecule has 7 nitrogen and oxygen atoms in total. The Kier molecular flexibility index (Phi) is 3.30. The zero-order valence-corrected chi connectivity index (χ0v) is 11.3. The Morgan fingerprint density at radius 1 is 1.45 bits per heavy atom. The molecule has 0 aliphatic heterocycles. The van der Waals surface area contributed by atoms with Crippen LogP contribution in [0.15, 0.2) is 30.7 Å². The van der Waals surface area contributed by atoms with Crippen LogP contribution in [0.4, 0.5) is 5.69 Å². The van der Waals surface area contributed by atoms with E-state index in [1.54, 1.807) is 29.3 Å². The fourth-order valence-corrected chi connectivity index (χ4v) is 2.82. The molecule has 1 amide bonds. The highest BCUT2D eigenvalue weighted by Gasteiger charge is 2.16. The third-order valence-corrected chi connectivity index (χ3v) is 3.94. The van der Waals surface area contributed by atoms with Crippen LogP contribution in [0.1, 0.15) is 9.67 Å². The first-order valence-corrected chi connectivity index (χ1v) is 6.82. The number of pyridine rings is 1. The number of carbonyl (C=O) groups is 1. The van der Waals surface area contributed by atoms with Crippen molar-refractivity contribution in [1.29, 1.82) is 0 Å². The molecule has 0 spiro atoms. The molecular formula is C12H12N6OS. The maximum atomic E-state index is 12.1. The predicted molar refractivity (Wildman–Crippen MR) is 76.4 cm³/mol. The zero-order valence-electron chi connectivity index (χ0n) is 10.5. The normalized spacial score (nSPS) is 10.8. The highest BCUT2D eigenvalue weighted by Crippen LogP contribution is 2.31. The van der Waals surface area contributed by atoms with Crippen molar-refractivity contribution in [3.63, 3.8) is 0 Å². The molecule has 0 fully saturated rings. The molecule has 0 saturated carbocycles. The standard InChI is InChI=1S/C12H12N6OS/c13-9-8-2-1-3-15-12(8)20-10(9)11(19)14-4-6-18-7-5-16-17-18/h1-3,5,7H,4,6,13H2,(H,14,19). The third-order valence-electron chi connectivity index (χ3n) is 2.81. The molecule has 20 heavy (non-hydrogen) atoms. The second-order valence-electron chi connectivity index (χ2n) is 4.12. The van der Waals surface area contributed by atoms with E-state index < -0.39 is 0 Å². The Bertz CT molecular complexity index is 736. The lowest BCUT2D eigenvalue weighted by molar-refractivity contribution is 0.0957. The minimum atomic E-state index is -0.189. The first-order valence-electron chi connectivity index (χ1n) is 6.01. The number of anilines is 1. The lowest BCUT2D eigenvalue weighted by Crippen LogP contribution is -2.27. The SMILES string of the molecule is Nc1c(C(=O)NCCn2ccnn2)sc2ncccc12. The van der Waals surface area contributed by atoms with E-state index in [2.05, 4.69) is 20.6 Å². The summed E-state index contributed by atoms with van der Waals surface area (Å²) in [6, 6.07) is 3.66. The van der Waals surface area contributed by atoms with Gasteiger partial charge in [-0.2, -0.15) is 0 Å². The first kappa shape index (κ1) is 12.5. The number of carbonyl (C=O) groups excluding carboxylic acids is 1. The minimum Gasteiger partial charge on any atom is -0.397 e. The summed E-state index contributed by atoms with van der Waals surface area (Å²) in [5, 5.41) is 11.1. The summed E-state index contributed by atoms with van der Waals surface area (Å²) in [6.45, 7) is 1.03. The van der Waals surface area contributed by atoms with Crippen molar-refractivity contribution in [2.24, 2.45) is 0 Å². The predicted octanol–water partition coefficient (Wildman–Crippen LogP) is 0.900. The van der Waals surface area contributed by atoms with Crippen molar-refractivity contribution in [3.8, 4) is 0 Å². The highest BCUT2D eigenvalue weighted by atomic mass is 32.1. The zero-order chi connectivity index (χ0) is 13.9. The first-order chi connectivity index (χ1) is 9.75.